The first-order valence-corrected chi connectivity index (χ1v) is 10.5. The molecule has 0 aromatic rings. The van der Waals surface area contributed by atoms with E-state index in [9.17, 15) is 0 Å². The van der Waals surface area contributed by atoms with Crippen LogP contribution in [0.25, 0.3) is 0 Å². The Morgan fingerprint density at radius 1 is 1.15 bits per heavy atom. The van der Waals surface area contributed by atoms with Crippen LogP contribution < -0.4 is 0 Å². The van der Waals surface area contributed by atoms with Gasteiger partial charge in [0.25, 0.3) is 0 Å². The number of rotatable bonds is 7. The Hall–Kier alpha value is -1.13. The molecule has 0 unspecified atom stereocenters. The van der Waals surface area contributed by atoms with Crippen LogP contribution in [0.4, 0.5) is 0 Å². The summed E-state index contributed by atoms with van der Waals surface area (Å²) in [4.78, 5) is 4.87. The van der Waals surface area contributed by atoms with Gasteiger partial charge in [-0.15, -0.1) is 0 Å². The van der Waals surface area contributed by atoms with Crippen LogP contribution in [0.15, 0.2) is 28.4 Å². The van der Waals surface area contributed by atoms with Gasteiger partial charge in [0.1, 0.15) is 0 Å². The number of hydrogen-bond acceptors (Lipinski definition) is 4. The molecule has 4 heteroatoms. The molecular weight excluding hydrogens is 326 g/mol. The topological polar surface area (TPSA) is 40.0 Å². The summed E-state index contributed by atoms with van der Waals surface area (Å²) in [6, 6.07) is 0. The maximum absolute atomic E-state index is 6.22. The van der Waals surface area contributed by atoms with Crippen molar-refractivity contribution in [1.29, 1.82) is 0 Å². The summed E-state index contributed by atoms with van der Waals surface area (Å²) in [5, 5.41) is 0. The fourth-order valence-corrected chi connectivity index (χ4v) is 3.91. The van der Waals surface area contributed by atoms with Crippen LogP contribution in [0.5, 0.6) is 0 Å². The van der Waals surface area contributed by atoms with Gasteiger partial charge in [-0.2, -0.15) is 0 Å². The summed E-state index contributed by atoms with van der Waals surface area (Å²) in [5.41, 5.74) is 2.33. The second kappa shape index (κ2) is 9.18. The Morgan fingerprint density at radius 2 is 1.85 bits per heavy atom. The van der Waals surface area contributed by atoms with Gasteiger partial charge in [-0.25, -0.2) is 4.99 Å². The summed E-state index contributed by atoms with van der Waals surface area (Å²) in [6.45, 7) is 8.67. The molecule has 1 spiro atoms. The molecule has 3 fully saturated rings. The van der Waals surface area contributed by atoms with Gasteiger partial charge in [0.15, 0.2) is 5.79 Å². The first kappa shape index (κ1) is 19.6. The van der Waals surface area contributed by atoms with Crippen LogP contribution in [0.1, 0.15) is 72.1 Å². The smallest absolute Gasteiger partial charge is 0.216 e. The zero-order chi connectivity index (χ0) is 18.4. The summed E-state index contributed by atoms with van der Waals surface area (Å²) >= 11 is 0. The lowest BCUT2D eigenvalue weighted by molar-refractivity contribution is -0.180. The fourth-order valence-electron chi connectivity index (χ4n) is 3.91. The third-order valence-corrected chi connectivity index (χ3v) is 5.72. The van der Waals surface area contributed by atoms with Crippen molar-refractivity contribution in [1.82, 2.24) is 0 Å². The molecule has 0 N–H and O–H groups in total. The highest BCUT2D eigenvalue weighted by Crippen LogP contribution is 2.41. The van der Waals surface area contributed by atoms with Crippen LogP contribution in [0.2, 0.25) is 0 Å². The number of hydrogen-bond donors (Lipinski definition) is 0. The van der Waals surface area contributed by atoms with Crippen molar-refractivity contribution in [3.63, 3.8) is 0 Å². The Morgan fingerprint density at radius 3 is 2.42 bits per heavy atom. The van der Waals surface area contributed by atoms with E-state index in [1.165, 1.54) is 18.4 Å². The molecule has 1 heterocycles. The summed E-state index contributed by atoms with van der Waals surface area (Å²) < 4.78 is 18.0. The van der Waals surface area contributed by atoms with Crippen LogP contribution in [-0.4, -0.2) is 31.5 Å². The molecule has 2 saturated carbocycles. The normalized spacial score (nSPS) is 25.1. The maximum Gasteiger partial charge on any atom is 0.216 e. The maximum atomic E-state index is 6.22. The minimum absolute atomic E-state index is 0.307. The molecule has 1 saturated heterocycles. The van der Waals surface area contributed by atoms with E-state index >= 15 is 0 Å². The number of aliphatic imine (C=N–C) groups is 1. The number of ether oxygens (including phenoxy) is 3. The molecule has 0 atom stereocenters. The van der Waals surface area contributed by atoms with Gasteiger partial charge in [-0.3, -0.25) is 0 Å². The average Bonchev–Trinajstić information content (AvgIpc) is 3.38. The SMILES string of the molecule is C\C=C(/C(=N/C(C)=C/CCC)OCC1CC1)C1CCC2(CC1)OCCO2. The number of nitrogens with zero attached hydrogens (tertiary/aromatic N) is 1. The molecule has 26 heavy (non-hydrogen) atoms. The third-order valence-electron chi connectivity index (χ3n) is 5.72. The molecule has 0 radical (unpaired) electrons. The van der Waals surface area contributed by atoms with E-state index in [1.807, 2.05) is 0 Å². The van der Waals surface area contributed by atoms with Crippen molar-refractivity contribution >= 4 is 5.90 Å². The standard InChI is InChI=1S/C22H35NO3/c1-4-6-7-17(3)23-21(24-16-18-8-9-18)20(5-2)19-10-12-22(13-11-19)25-14-15-26-22/h5,7,18-19H,4,6,8-16H2,1-3H3/b17-7+,20-5-,23-21-. The van der Waals surface area contributed by atoms with Crippen molar-refractivity contribution in [2.75, 3.05) is 19.8 Å². The molecule has 0 bridgehead atoms. The zero-order valence-corrected chi connectivity index (χ0v) is 16.8. The lowest BCUT2D eigenvalue weighted by Gasteiger charge is -2.36. The highest BCUT2D eigenvalue weighted by Gasteiger charge is 2.41. The lowest BCUT2D eigenvalue weighted by Crippen LogP contribution is -2.36. The van der Waals surface area contributed by atoms with Crippen LogP contribution >= 0.6 is 0 Å². The van der Waals surface area contributed by atoms with Crippen molar-refractivity contribution in [3.05, 3.63) is 23.4 Å². The second-order valence-corrected chi connectivity index (χ2v) is 7.93. The van der Waals surface area contributed by atoms with Gasteiger partial charge in [-0.05, 0) is 57.8 Å². The van der Waals surface area contributed by atoms with Gasteiger partial charge in [0.2, 0.25) is 5.90 Å². The van der Waals surface area contributed by atoms with E-state index in [-0.39, 0.29) is 5.79 Å². The van der Waals surface area contributed by atoms with Gasteiger partial charge < -0.3 is 14.2 Å². The van der Waals surface area contributed by atoms with Crippen LogP contribution in [0, 0.1) is 11.8 Å². The van der Waals surface area contributed by atoms with E-state index < -0.39 is 0 Å². The van der Waals surface area contributed by atoms with Crippen molar-refractivity contribution < 1.29 is 14.2 Å². The molecule has 4 nitrogen and oxygen atoms in total. The van der Waals surface area contributed by atoms with Crippen LogP contribution in [-0.2, 0) is 14.2 Å². The lowest BCUT2D eigenvalue weighted by atomic mass is 9.80. The van der Waals surface area contributed by atoms with E-state index in [0.29, 0.717) is 5.92 Å². The highest BCUT2D eigenvalue weighted by molar-refractivity contribution is 5.94. The Kier molecular flexibility index (Phi) is 6.93. The third kappa shape index (κ3) is 5.20. The monoisotopic (exact) mass is 361 g/mol. The molecule has 0 amide bonds. The summed E-state index contributed by atoms with van der Waals surface area (Å²) in [6.07, 6.45) is 13.3. The Balaban J connectivity index is 1.69. The van der Waals surface area contributed by atoms with Crippen molar-refractivity contribution in [2.45, 2.75) is 77.9 Å². The minimum Gasteiger partial charge on any atom is -0.477 e. The van der Waals surface area contributed by atoms with Crippen molar-refractivity contribution in [2.24, 2.45) is 16.8 Å². The van der Waals surface area contributed by atoms with E-state index in [2.05, 4.69) is 32.9 Å². The quantitative estimate of drug-likeness (QED) is 0.450. The van der Waals surface area contributed by atoms with E-state index in [1.54, 1.807) is 0 Å². The highest BCUT2D eigenvalue weighted by atomic mass is 16.7. The number of allylic oxidation sites excluding steroid dienone is 3. The average molecular weight is 362 g/mol. The molecule has 1 aliphatic heterocycles. The molecule has 3 aliphatic rings. The first-order valence-electron chi connectivity index (χ1n) is 10.5. The molecule has 2 aliphatic carbocycles. The van der Waals surface area contributed by atoms with E-state index in [0.717, 1.165) is 75.9 Å². The van der Waals surface area contributed by atoms with Crippen molar-refractivity contribution in [3.8, 4) is 0 Å². The van der Waals surface area contributed by atoms with Crippen LogP contribution in [0.3, 0.4) is 0 Å². The van der Waals surface area contributed by atoms with Gasteiger partial charge in [0, 0.05) is 24.1 Å². The molecule has 146 valence electrons. The minimum atomic E-state index is -0.307. The predicted octanol–water partition coefficient (Wildman–Crippen LogP) is 5.40. The fraction of sp³-hybridized carbons (Fsp3) is 0.773. The predicted molar refractivity (Wildman–Crippen MR) is 105 cm³/mol. The van der Waals surface area contributed by atoms with E-state index in [4.69, 9.17) is 19.2 Å². The molecule has 3 rings (SSSR count). The first-order chi connectivity index (χ1) is 12.7. The second-order valence-electron chi connectivity index (χ2n) is 7.93. The van der Waals surface area contributed by atoms with Gasteiger partial charge in [0.05, 0.1) is 19.8 Å². The Labute approximate surface area is 158 Å². The summed E-state index contributed by atoms with van der Waals surface area (Å²) in [5.74, 6) is 1.75. The number of unbranched alkanes of at least 4 members (excludes halogenated alkanes) is 1. The van der Waals surface area contributed by atoms with Gasteiger partial charge >= 0.3 is 0 Å². The zero-order valence-electron chi connectivity index (χ0n) is 16.8. The Bertz CT molecular complexity index is 544. The molecule has 0 aromatic heterocycles. The molecule has 0 aromatic carbocycles. The summed E-state index contributed by atoms with van der Waals surface area (Å²) in [7, 11) is 0. The van der Waals surface area contributed by atoms with Gasteiger partial charge in [-0.1, -0.05) is 25.5 Å². The largest absolute Gasteiger partial charge is 0.477 e. The molecular formula is C22H35NO3.